The smallest absolute Gasteiger partial charge is 0.159 e. The normalized spacial score (nSPS) is 17.9. The van der Waals surface area contributed by atoms with Crippen molar-refractivity contribution in [2.24, 2.45) is 0 Å². The van der Waals surface area contributed by atoms with Crippen LogP contribution in [0.15, 0.2) is 42.0 Å². The third-order valence-electron chi connectivity index (χ3n) is 4.08. The molecule has 1 aromatic rings. The molecule has 2 atom stereocenters. The van der Waals surface area contributed by atoms with Gasteiger partial charge < -0.3 is 10.4 Å². The fraction of sp³-hybridized carbons (Fsp3) is 0.500. The summed E-state index contributed by atoms with van der Waals surface area (Å²) in [6.07, 6.45) is 6.36. The molecule has 114 valence electrons. The Bertz CT molecular complexity index is 481. The average molecular weight is 287 g/mol. The first-order valence-electron chi connectivity index (χ1n) is 7.87. The molecule has 1 aromatic carbocycles. The van der Waals surface area contributed by atoms with E-state index < -0.39 is 6.10 Å². The van der Waals surface area contributed by atoms with Crippen LogP contribution in [0.3, 0.4) is 0 Å². The minimum Gasteiger partial charge on any atom is -0.387 e. The lowest BCUT2D eigenvalue weighted by Crippen LogP contribution is -2.33. The lowest BCUT2D eigenvalue weighted by Gasteiger charge is -2.21. The van der Waals surface area contributed by atoms with Crippen LogP contribution in [-0.2, 0) is 4.79 Å². The predicted molar refractivity (Wildman–Crippen MR) is 85.0 cm³/mol. The molecular formula is C18H25NO2. The van der Waals surface area contributed by atoms with Crippen molar-refractivity contribution in [3.8, 4) is 0 Å². The van der Waals surface area contributed by atoms with Gasteiger partial charge in [-0.1, -0.05) is 36.4 Å². The van der Waals surface area contributed by atoms with Crippen molar-refractivity contribution >= 4 is 5.78 Å². The predicted octanol–water partition coefficient (Wildman–Crippen LogP) is 3.16. The molecule has 0 spiro atoms. The van der Waals surface area contributed by atoms with Crippen LogP contribution in [0.1, 0.15) is 50.7 Å². The maximum Gasteiger partial charge on any atom is 0.159 e. The van der Waals surface area contributed by atoms with Crippen molar-refractivity contribution < 1.29 is 9.90 Å². The Kier molecular flexibility index (Phi) is 6.15. The molecule has 3 nitrogen and oxygen atoms in total. The van der Waals surface area contributed by atoms with Gasteiger partial charge in [0.15, 0.2) is 5.78 Å². The van der Waals surface area contributed by atoms with Crippen LogP contribution >= 0.6 is 0 Å². The van der Waals surface area contributed by atoms with E-state index in [4.69, 9.17) is 0 Å². The fourth-order valence-electron chi connectivity index (χ4n) is 2.72. The van der Waals surface area contributed by atoms with E-state index in [2.05, 4.69) is 11.4 Å². The number of benzene rings is 1. The second-order valence-electron chi connectivity index (χ2n) is 5.75. The molecule has 0 aliphatic heterocycles. The number of rotatable bonds is 7. The first-order valence-corrected chi connectivity index (χ1v) is 7.87. The molecule has 1 aliphatic rings. The highest BCUT2D eigenvalue weighted by Crippen LogP contribution is 2.19. The molecule has 0 saturated heterocycles. The number of ketones is 1. The quantitative estimate of drug-likeness (QED) is 0.810. The first-order chi connectivity index (χ1) is 10.2. The number of hydrogen-bond acceptors (Lipinski definition) is 3. The van der Waals surface area contributed by atoms with Crippen molar-refractivity contribution in [1.29, 1.82) is 0 Å². The second-order valence-corrected chi connectivity index (χ2v) is 5.75. The Hall–Kier alpha value is -1.45. The van der Waals surface area contributed by atoms with Gasteiger partial charge in [-0.25, -0.2) is 0 Å². The third kappa shape index (κ3) is 4.80. The van der Waals surface area contributed by atoms with Gasteiger partial charge in [-0.15, -0.1) is 0 Å². The van der Waals surface area contributed by atoms with Gasteiger partial charge >= 0.3 is 0 Å². The molecule has 0 fully saturated rings. The summed E-state index contributed by atoms with van der Waals surface area (Å²) in [4.78, 5) is 12.0. The zero-order valence-corrected chi connectivity index (χ0v) is 12.7. The largest absolute Gasteiger partial charge is 0.387 e. The van der Waals surface area contributed by atoms with Crippen LogP contribution in [0.4, 0.5) is 0 Å². The van der Waals surface area contributed by atoms with E-state index in [9.17, 15) is 9.90 Å². The maximum atomic E-state index is 12.0. The summed E-state index contributed by atoms with van der Waals surface area (Å²) >= 11 is 0. The molecule has 1 aliphatic carbocycles. The van der Waals surface area contributed by atoms with Gasteiger partial charge in [-0.3, -0.25) is 4.79 Å². The summed E-state index contributed by atoms with van der Waals surface area (Å²) in [7, 11) is 0. The van der Waals surface area contributed by atoms with Gasteiger partial charge in [0, 0.05) is 19.0 Å². The second kappa shape index (κ2) is 8.11. The van der Waals surface area contributed by atoms with Crippen molar-refractivity contribution in [3.05, 3.63) is 47.5 Å². The number of aliphatic hydroxyl groups excluding tert-OH is 1. The summed E-state index contributed by atoms with van der Waals surface area (Å²) in [5.41, 5.74) is 1.90. The topological polar surface area (TPSA) is 49.3 Å². The monoisotopic (exact) mass is 287 g/mol. The molecule has 2 unspecified atom stereocenters. The zero-order valence-electron chi connectivity index (χ0n) is 12.7. The minimum atomic E-state index is -0.546. The highest BCUT2D eigenvalue weighted by Gasteiger charge is 2.17. The Balaban J connectivity index is 1.75. The third-order valence-corrected chi connectivity index (χ3v) is 4.08. The number of hydrogen-bond donors (Lipinski definition) is 2. The summed E-state index contributed by atoms with van der Waals surface area (Å²) in [5.74, 6) is 0.253. The molecular weight excluding hydrogens is 262 g/mol. The van der Waals surface area contributed by atoms with Crippen LogP contribution in [0.2, 0.25) is 0 Å². The highest BCUT2D eigenvalue weighted by molar-refractivity contribution is 5.95. The van der Waals surface area contributed by atoms with E-state index in [1.807, 2.05) is 37.3 Å². The van der Waals surface area contributed by atoms with Crippen molar-refractivity contribution in [2.45, 2.75) is 51.2 Å². The zero-order chi connectivity index (χ0) is 15.1. The highest BCUT2D eigenvalue weighted by atomic mass is 16.3. The van der Waals surface area contributed by atoms with E-state index in [-0.39, 0.29) is 11.8 Å². The van der Waals surface area contributed by atoms with Crippen LogP contribution in [0.5, 0.6) is 0 Å². The van der Waals surface area contributed by atoms with Crippen molar-refractivity contribution in [1.82, 2.24) is 5.32 Å². The van der Waals surface area contributed by atoms with Gasteiger partial charge in [0.25, 0.3) is 0 Å². The standard InChI is InChI=1S/C18H25NO2/c1-14(18(21)16-10-6-3-7-11-16)19-13-12-17(20)15-8-4-2-5-9-15/h3,6-8,10-11,14,18-19,21H,2,4-5,9,12-13H2,1H3. The Morgan fingerprint density at radius 2 is 2.05 bits per heavy atom. The lowest BCUT2D eigenvalue weighted by molar-refractivity contribution is -0.115. The van der Waals surface area contributed by atoms with Crippen molar-refractivity contribution in [3.63, 3.8) is 0 Å². The Morgan fingerprint density at radius 1 is 1.29 bits per heavy atom. The van der Waals surface area contributed by atoms with Gasteiger partial charge in [0.1, 0.15) is 0 Å². The average Bonchev–Trinajstić information content (AvgIpc) is 2.55. The molecule has 0 radical (unpaired) electrons. The van der Waals surface area contributed by atoms with Crippen LogP contribution < -0.4 is 5.32 Å². The molecule has 0 heterocycles. The molecule has 0 amide bonds. The van der Waals surface area contributed by atoms with Crippen LogP contribution in [0.25, 0.3) is 0 Å². The van der Waals surface area contributed by atoms with Gasteiger partial charge in [0.05, 0.1) is 6.10 Å². The Labute approximate surface area is 127 Å². The summed E-state index contributed by atoms with van der Waals surface area (Å²) in [5, 5.41) is 13.5. The molecule has 0 aromatic heterocycles. The minimum absolute atomic E-state index is 0.0689. The molecule has 21 heavy (non-hydrogen) atoms. The van der Waals surface area contributed by atoms with E-state index in [0.29, 0.717) is 13.0 Å². The first kappa shape index (κ1) is 15.9. The van der Waals surface area contributed by atoms with Crippen LogP contribution in [0, 0.1) is 0 Å². The number of carbonyl (C=O) groups is 1. The number of carbonyl (C=O) groups excluding carboxylic acids is 1. The van der Waals surface area contributed by atoms with Gasteiger partial charge in [-0.2, -0.15) is 0 Å². The SMILES string of the molecule is CC(NCCC(=O)C1=CCCCC1)C(O)c1ccccc1. The Morgan fingerprint density at radius 3 is 2.71 bits per heavy atom. The van der Waals surface area contributed by atoms with Gasteiger partial charge in [0.2, 0.25) is 0 Å². The summed E-state index contributed by atoms with van der Waals surface area (Å²) < 4.78 is 0. The maximum absolute atomic E-state index is 12.0. The number of Topliss-reactive ketones (excluding diaryl/α,β-unsaturated/α-hetero) is 1. The van der Waals surface area contributed by atoms with E-state index in [0.717, 1.165) is 30.4 Å². The molecule has 2 N–H and O–H groups in total. The molecule has 0 saturated carbocycles. The molecule has 0 bridgehead atoms. The number of allylic oxidation sites excluding steroid dienone is 2. The number of nitrogens with one attached hydrogen (secondary N) is 1. The van der Waals surface area contributed by atoms with E-state index in [1.54, 1.807) is 0 Å². The van der Waals surface area contributed by atoms with Crippen molar-refractivity contribution in [2.75, 3.05) is 6.54 Å². The summed E-state index contributed by atoms with van der Waals surface area (Å²) in [6, 6.07) is 9.54. The van der Waals surface area contributed by atoms with E-state index >= 15 is 0 Å². The summed E-state index contributed by atoms with van der Waals surface area (Å²) in [6.45, 7) is 2.56. The van der Waals surface area contributed by atoms with E-state index in [1.165, 1.54) is 6.42 Å². The molecule has 3 heteroatoms. The molecule has 2 rings (SSSR count). The van der Waals surface area contributed by atoms with Gasteiger partial charge in [-0.05, 0) is 43.7 Å². The number of aliphatic hydroxyl groups is 1. The fourth-order valence-corrected chi connectivity index (χ4v) is 2.72. The lowest BCUT2D eigenvalue weighted by atomic mass is 9.95. The van der Waals surface area contributed by atoms with Crippen LogP contribution in [-0.4, -0.2) is 23.5 Å².